The van der Waals surface area contributed by atoms with Crippen LogP contribution in [0.4, 0.5) is 0 Å². The largest absolute Gasteiger partial charge is 0.618 e. The number of sulfonamides is 1. The number of rotatable bonds is 3. The zero-order valence-electron chi connectivity index (χ0n) is 9.41. The first-order valence-corrected chi connectivity index (χ1v) is 6.41. The lowest BCUT2D eigenvalue weighted by Crippen LogP contribution is -2.39. The van der Waals surface area contributed by atoms with Gasteiger partial charge in [-0.15, -0.1) is 0 Å². The zero-order chi connectivity index (χ0) is 12.5. The van der Waals surface area contributed by atoms with Crippen LogP contribution < -0.4 is 9.87 Å². The van der Waals surface area contributed by atoms with Crippen LogP contribution in [-0.4, -0.2) is 18.7 Å². The average Bonchev–Trinajstić information content (AvgIpc) is 2.14. The minimum atomic E-state index is -3.66. The van der Waals surface area contributed by atoms with Crippen molar-refractivity contribution in [3.63, 3.8) is 0 Å². The molecule has 1 aromatic heterocycles. The third kappa shape index (κ3) is 2.67. The van der Waals surface area contributed by atoms with Gasteiger partial charge in [-0.05, 0) is 13.8 Å². The smallest absolute Gasteiger partial charge is 0.215 e. The monoisotopic (exact) mass is 245 g/mol. The van der Waals surface area contributed by atoms with Gasteiger partial charge in [0.05, 0.1) is 17.4 Å². The van der Waals surface area contributed by atoms with Crippen molar-refractivity contribution in [2.75, 3.05) is 0 Å². The molecule has 0 radical (unpaired) electrons. The lowest BCUT2D eigenvalue weighted by molar-refractivity contribution is -0.616. The van der Waals surface area contributed by atoms with Gasteiger partial charge in [0.1, 0.15) is 5.69 Å². The van der Waals surface area contributed by atoms with Crippen molar-refractivity contribution in [1.82, 2.24) is 4.98 Å². The van der Waals surface area contributed by atoms with E-state index in [1.54, 1.807) is 13.8 Å². The first-order chi connectivity index (χ1) is 7.23. The Morgan fingerprint density at radius 1 is 1.50 bits per heavy atom. The quantitative estimate of drug-likeness (QED) is 0.589. The molecule has 0 amide bonds. The molecule has 0 bridgehead atoms. The SMILES string of the molecule is Cc1c[n+]([O-])c(C(C)C(C)S(N)(=O)=O)cn1. The molecule has 1 heterocycles. The van der Waals surface area contributed by atoms with Crippen LogP contribution in [0.3, 0.4) is 0 Å². The predicted octanol–water partition coefficient (Wildman–Crippen LogP) is -0.196. The molecule has 2 unspecified atom stereocenters. The van der Waals surface area contributed by atoms with Gasteiger partial charge in [-0.1, -0.05) is 6.92 Å². The van der Waals surface area contributed by atoms with E-state index >= 15 is 0 Å². The van der Waals surface area contributed by atoms with Crippen LogP contribution in [0.15, 0.2) is 12.4 Å². The van der Waals surface area contributed by atoms with E-state index in [9.17, 15) is 13.6 Å². The van der Waals surface area contributed by atoms with E-state index in [4.69, 9.17) is 5.14 Å². The van der Waals surface area contributed by atoms with E-state index < -0.39 is 21.2 Å². The van der Waals surface area contributed by atoms with Crippen molar-refractivity contribution in [3.05, 3.63) is 29.0 Å². The molecule has 0 saturated heterocycles. The van der Waals surface area contributed by atoms with Crippen LogP contribution in [0.1, 0.15) is 31.2 Å². The zero-order valence-corrected chi connectivity index (χ0v) is 10.2. The first-order valence-electron chi connectivity index (χ1n) is 4.80. The summed E-state index contributed by atoms with van der Waals surface area (Å²) < 4.78 is 23.0. The molecule has 0 aromatic carbocycles. The van der Waals surface area contributed by atoms with E-state index in [0.717, 1.165) is 0 Å². The lowest BCUT2D eigenvalue weighted by Gasteiger charge is -2.16. The number of primary sulfonamides is 1. The van der Waals surface area contributed by atoms with E-state index in [1.165, 1.54) is 19.3 Å². The van der Waals surface area contributed by atoms with Crippen molar-refractivity contribution < 1.29 is 13.1 Å². The van der Waals surface area contributed by atoms with Crippen LogP contribution in [-0.2, 0) is 10.0 Å². The number of nitrogens with two attached hydrogens (primary N) is 1. The van der Waals surface area contributed by atoms with Crippen LogP contribution in [0.25, 0.3) is 0 Å². The molecule has 0 spiro atoms. The fourth-order valence-corrected chi connectivity index (χ4v) is 2.05. The summed E-state index contributed by atoms with van der Waals surface area (Å²) in [4.78, 5) is 3.97. The Morgan fingerprint density at radius 2 is 2.06 bits per heavy atom. The standard InChI is InChI=1S/C9H15N3O3S/c1-6-5-12(13)9(4-11-6)7(2)8(3)16(10,14)15/h4-5,7-8H,1-3H3,(H2,10,14,15). The van der Waals surface area contributed by atoms with Gasteiger partial charge in [-0.3, -0.25) is 0 Å². The van der Waals surface area contributed by atoms with Gasteiger partial charge >= 0.3 is 0 Å². The van der Waals surface area contributed by atoms with Gasteiger partial charge in [0.25, 0.3) is 0 Å². The summed E-state index contributed by atoms with van der Waals surface area (Å²) in [5, 5.41) is 15.8. The summed E-state index contributed by atoms with van der Waals surface area (Å²) >= 11 is 0. The van der Waals surface area contributed by atoms with Crippen molar-refractivity contribution in [3.8, 4) is 0 Å². The Morgan fingerprint density at radius 3 is 2.50 bits per heavy atom. The molecule has 2 atom stereocenters. The summed E-state index contributed by atoms with van der Waals surface area (Å²) in [5.74, 6) is -0.499. The number of aryl methyl sites for hydroxylation is 1. The summed E-state index contributed by atoms with van der Waals surface area (Å²) in [6.07, 6.45) is 2.69. The maximum atomic E-state index is 11.6. The number of nitrogens with zero attached hydrogens (tertiary/aromatic N) is 2. The van der Waals surface area contributed by atoms with Crippen LogP contribution in [0, 0.1) is 12.1 Å². The van der Waals surface area contributed by atoms with Crippen LogP contribution >= 0.6 is 0 Å². The molecule has 0 aliphatic rings. The molecule has 1 rings (SSSR count). The van der Waals surface area contributed by atoms with Crippen molar-refractivity contribution >= 4 is 10.0 Å². The first kappa shape index (κ1) is 12.9. The van der Waals surface area contributed by atoms with Crippen molar-refractivity contribution in [2.24, 2.45) is 5.14 Å². The van der Waals surface area contributed by atoms with Crippen LogP contribution in [0.2, 0.25) is 0 Å². The second kappa shape index (κ2) is 4.34. The van der Waals surface area contributed by atoms with Gasteiger partial charge in [0, 0.05) is 0 Å². The Hall–Kier alpha value is -1.21. The fraction of sp³-hybridized carbons (Fsp3) is 0.556. The molecule has 0 aliphatic carbocycles. The highest BCUT2D eigenvalue weighted by atomic mass is 32.2. The topological polar surface area (TPSA) is 100.0 Å². The van der Waals surface area contributed by atoms with E-state index in [0.29, 0.717) is 16.1 Å². The molecule has 6 nitrogen and oxygen atoms in total. The van der Waals surface area contributed by atoms with Crippen molar-refractivity contribution in [1.29, 1.82) is 0 Å². The minimum absolute atomic E-state index is 0.298. The maximum Gasteiger partial charge on any atom is 0.215 e. The van der Waals surface area contributed by atoms with Gasteiger partial charge in [-0.25, -0.2) is 18.5 Å². The highest BCUT2D eigenvalue weighted by Crippen LogP contribution is 2.19. The molecular formula is C9H15N3O3S. The molecular weight excluding hydrogens is 230 g/mol. The number of hydrogen-bond acceptors (Lipinski definition) is 4. The molecule has 0 saturated carbocycles. The van der Waals surface area contributed by atoms with Gasteiger partial charge in [0.2, 0.25) is 21.9 Å². The predicted molar refractivity (Wildman–Crippen MR) is 58.9 cm³/mol. The molecule has 2 N–H and O–H groups in total. The number of aromatic nitrogens is 2. The maximum absolute atomic E-state index is 11.6. The van der Waals surface area contributed by atoms with E-state index in [1.807, 2.05) is 0 Å². The average molecular weight is 245 g/mol. The molecule has 0 fully saturated rings. The molecule has 7 heteroatoms. The fourth-order valence-electron chi connectivity index (χ4n) is 1.35. The van der Waals surface area contributed by atoms with Gasteiger partial charge in [-0.2, -0.15) is 4.73 Å². The normalized spacial score (nSPS) is 15.8. The Kier molecular flexibility index (Phi) is 3.49. The van der Waals surface area contributed by atoms with Gasteiger partial charge < -0.3 is 5.21 Å². The summed E-state index contributed by atoms with van der Waals surface area (Å²) in [5.41, 5.74) is 0.876. The van der Waals surface area contributed by atoms with Crippen molar-refractivity contribution in [2.45, 2.75) is 31.9 Å². The highest BCUT2D eigenvalue weighted by Gasteiger charge is 2.29. The lowest BCUT2D eigenvalue weighted by atomic mass is 10.1. The summed E-state index contributed by atoms with van der Waals surface area (Å²) in [6.45, 7) is 4.79. The minimum Gasteiger partial charge on any atom is -0.618 e. The Bertz CT molecular complexity index is 487. The molecule has 16 heavy (non-hydrogen) atoms. The second-order valence-electron chi connectivity index (χ2n) is 3.86. The molecule has 0 aliphatic heterocycles. The second-order valence-corrected chi connectivity index (χ2v) is 5.78. The third-order valence-corrected chi connectivity index (χ3v) is 4.09. The highest BCUT2D eigenvalue weighted by molar-refractivity contribution is 7.89. The Balaban J connectivity index is 3.10. The van der Waals surface area contributed by atoms with E-state index in [-0.39, 0.29) is 0 Å². The molecule has 90 valence electrons. The van der Waals surface area contributed by atoms with Gasteiger partial charge in [0.15, 0.2) is 0 Å². The molecule has 1 aromatic rings. The third-order valence-electron chi connectivity index (χ3n) is 2.65. The summed E-state index contributed by atoms with van der Waals surface area (Å²) in [7, 11) is -3.66. The van der Waals surface area contributed by atoms with E-state index in [2.05, 4.69) is 4.98 Å². The summed E-state index contributed by atoms with van der Waals surface area (Å²) in [6, 6.07) is 0. The van der Waals surface area contributed by atoms with Crippen LogP contribution in [0.5, 0.6) is 0 Å². The number of hydrogen-bond donors (Lipinski definition) is 1. The Labute approximate surface area is 94.8 Å².